The Bertz CT molecular complexity index is 1850. The molecule has 2 aliphatic carbocycles. The van der Waals surface area contributed by atoms with Gasteiger partial charge < -0.3 is 0 Å². The lowest BCUT2D eigenvalue weighted by molar-refractivity contribution is 0.647. The molecule has 0 N–H and O–H groups in total. The van der Waals surface area contributed by atoms with Crippen molar-refractivity contribution in [1.82, 2.24) is 9.97 Å². The molecule has 0 aliphatic heterocycles. The fourth-order valence-electron chi connectivity index (χ4n) is 7.09. The topological polar surface area (TPSA) is 25.8 Å². The van der Waals surface area contributed by atoms with Crippen LogP contribution < -0.4 is 0 Å². The molecule has 2 heteroatoms. The Hall–Kier alpha value is -4.30. The van der Waals surface area contributed by atoms with Crippen LogP contribution in [0.2, 0.25) is 0 Å². The quantitative estimate of drug-likeness (QED) is 0.252. The maximum Gasteiger partial charge on any atom is 0.0762 e. The third kappa shape index (κ3) is 2.60. The molecule has 0 fully saturated rings. The Balaban J connectivity index is 1.65. The predicted molar refractivity (Wildman–Crippen MR) is 152 cm³/mol. The molecule has 2 aliphatic rings. The van der Waals surface area contributed by atoms with Gasteiger partial charge in [0.25, 0.3) is 0 Å². The maximum absolute atomic E-state index is 5.21. The molecular weight excluding hydrogens is 448 g/mol. The van der Waals surface area contributed by atoms with Crippen LogP contribution in [0.5, 0.6) is 0 Å². The Morgan fingerprint density at radius 1 is 0.676 bits per heavy atom. The monoisotopic (exact) mass is 474 g/mol. The summed E-state index contributed by atoms with van der Waals surface area (Å²) >= 11 is 0. The smallest absolute Gasteiger partial charge is 0.0762 e. The van der Waals surface area contributed by atoms with E-state index in [1.54, 1.807) is 0 Å². The van der Waals surface area contributed by atoms with Gasteiger partial charge in [-0.2, -0.15) is 0 Å². The van der Waals surface area contributed by atoms with Crippen molar-refractivity contribution in [3.8, 4) is 22.4 Å². The van der Waals surface area contributed by atoms with Crippen LogP contribution in [0.25, 0.3) is 43.9 Å². The minimum atomic E-state index is -0.480. The third-order valence-corrected chi connectivity index (χ3v) is 8.37. The molecule has 0 amide bonds. The van der Waals surface area contributed by atoms with Gasteiger partial charge in [0.15, 0.2) is 0 Å². The van der Waals surface area contributed by atoms with E-state index in [0.29, 0.717) is 5.92 Å². The number of aromatic nitrogens is 2. The van der Waals surface area contributed by atoms with Crippen LogP contribution in [0.3, 0.4) is 0 Å². The molecule has 6 aromatic rings. The second-order valence-corrected chi connectivity index (χ2v) is 10.9. The average molecular weight is 475 g/mol. The Labute approximate surface area is 216 Å². The van der Waals surface area contributed by atoms with Crippen LogP contribution in [-0.4, -0.2) is 9.97 Å². The van der Waals surface area contributed by atoms with E-state index in [-0.39, 0.29) is 0 Å². The number of fused-ring (bicyclic) bond motifs is 11. The largest absolute Gasteiger partial charge is 0.264 e. The first-order chi connectivity index (χ1) is 18.2. The van der Waals surface area contributed by atoms with E-state index in [2.05, 4.69) is 111 Å². The normalized spacial score (nSPS) is 14.2. The van der Waals surface area contributed by atoms with Gasteiger partial charge in [0, 0.05) is 40.5 Å². The second kappa shape index (κ2) is 7.36. The highest BCUT2D eigenvalue weighted by Crippen LogP contribution is 2.62. The van der Waals surface area contributed by atoms with Crippen molar-refractivity contribution in [2.45, 2.75) is 25.7 Å². The molecular formula is C35H26N2. The van der Waals surface area contributed by atoms with Gasteiger partial charge in [-0.25, -0.2) is 0 Å². The summed E-state index contributed by atoms with van der Waals surface area (Å²) in [6, 6.07) is 31.4. The van der Waals surface area contributed by atoms with Crippen molar-refractivity contribution >= 4 is 21.5 Å². The summed E-state index contributed by atoms with van der Waals surface area (Å²) in [6.07, 6.45) is 7.24. The van der Waals surface area contributed by atoms with Crippen molar-refractivity contribution in [3.63, 3.8) is 0 Å². The lowest BCUT2D eigenvalue weighted by atomic mass is 9.62. The zero-order valence-corrected chi connectivity index (χ0v) is 21.0. The first-order valence-electron chi connectivity index (χ1n) is 13.2. The molecule has 4 aromatic carbocycles. The number of hydrogen-bond donors (Lipinski definition) is 0. The number of benzene rings is 4. The van der Waals surface area contributed by atoms with E-state index in [1.165, 1.54) is 60.7 Å². The second-order valence-electron chi connectivity index (χ2n) is 10.9. The number of nitrogens with zero attached hydrogens (tertiary/aromatic N) is 2. The molecule has 2 heterocycles. The van der Waals surface area contributed by atoms with Crippen molar-refractivity contribution in [1.29, 1.82) is 0 Å². The average Bonchev–Trinajstić information content (AvgIpc) is 3.22. The number of pyridine rings is 2. The standard InChI is InChI=1S/C35H26N2/c1-21(2)16-22-14-15-23-19-37-34-27-11-7-8-24-18-36-20-31(32(24)27)35(33(34)28(23)17-22)29-12-5-3-9-25(29)26-10-4-6-13-30(26)35/h3-15,17-21H,16H2,1-2H3. The Kier molecular flexibility index (Phi) is 4.15. The van der Waals surface area contributed by atoms with Gasteiger partial charge in [0.05, 0.1) is 11.1 Å². The van der Waals surface area contributed by atoms with Crippen molar-refractivity contribution in [3.05, 3.63) is 131 Å². The minimum Gasteiger partial charge on any atom is -0.264 e. The molecule has 1 spiro atoms. The molecule has 8 rings (SSSR count). The molecule has 0 saturated heterocycles. The number of rotatable bonds is 2. The maximum atomic E-state index is 5.21. The Morgan fingerprint density at radius 3 is 2.16 bits per heavy atom. The summed E-state index contributed by atoms with van der Waals surface area (Å²) in [5, 5.41) is 4.91. The Morgan fingerprint density at radius 2 is 1.41 bits per heavy atom. The third-order valence-electron chi connectivity index (χ3n) is 8.37. The van der Waals surface area contributed by atoms with Gasteiger partial charge in [-0.3, -0.25) is 9.97 Å². The highest BCUT2D eigenvalue weighted by molar-refractivity contribution is 6.09. The molecule has 0 atom stereocenters. The molecule has 0 radical (unpaired) electrons. The summed E-state index contributed by atoms with van der Waals surface area (Å²) in [7, 11) is 0. The summed E-state index contributed by atoms with van der Waals surface area (Å²) < 4.78 is 0. The fourth-order valence-corrected chi connectivity index (χ4v) is 7.09. The van der Waals surface area contributed by atoms with Crippen molar-refractivity contribution < 1.29 is 0 Å². The van der Waals surface area contributed by atoms with Crippen molar-refractivity contribution in [2.24, 2.45) is 5.92 Å². The van der Waals surface area contributed by atoms with Crippen LogP contribution in [0.15, 0.2) is 104 Å². The highest BCUT2D eigenvalue weighted by atomic mass is 14.7. The molecule has 37 heavy (non-hydrogen) atoms. The van der Waals surface area contributed by atoms with E-state index in [4.69, 9.17) is 9.97 Å². The molecule has 0 saturated carbocycles. The zero-order valence-electron chi connectivity index (χ0n) is 21.0. The van der Waals surface area contributed by atoms with E-state index in [0.717, 1.165) is 17.5 Å². The lowest BCUT2D eigenvalue weighted by Crippen LogP contribution is -2.32. The first-order valence-corrected chi connectivity index (χ1v) is 13.2. The van der Waals surface area contributed by atoms with E-state index in [9.17, 15) is 0 Å². The summed E-state index contributed by atoms with van der Waals surface area (Å²) in [4.78, 5) is 10.0. The summed E-state index contributed by atoms with van der Waals surface area (Å²) in [6.45, 7) is 4.58. The van der Waals surface area contributed by atoms with Crippen LogP contribution in [0.4, 0.5) is 0 Å². The summed E-state index contributed by atoms with van der Waals surface area (Å²) in [5.41, 5.74) is 11.0. The van der Waals surface area contributed by atoms with Gasteiger partial charge in [-0.05, 0) is 56.5 Å². The van der Waals surface area contributed by atoms with Gasteiger partial charge >= 0.3 is 0 Å². The van der Waals surface area contributed by atoms with Crippen molar-refractivity contribution in [2.75, 3.05) is 0 Å². The molecule has 0 unspecified atom stereocenters. The number of hydrogen-bond acceptors (Lipinski definition) is 2. The van der Waals surface area contributed by atoms with Gasteiger partial charge in [0.2, 0.25) is 0 Å². The van der Waals surface area contributed by atoms with E-state index in [1.807, 2.05) is 6.20 Å². The van der Waals surface area contributed by atoms with E-state index < -0.39 is 5.41 Å². The van der Waals surface area contributed by atoms with Crippen LogP contribution in [0.1, 0.15) is 41.7 Å². The van der Waals surface area contributed by atoms with Crippen LogP contribution >= 0.6 is 0 Å². The van der Waals surface area contributed by atoms with Crippen LogP contribution in [0, 0.1) is 5.92 Å². The zero-order chi connectivity index (χ0) is 24.7. The molecule has 176 valence electrons. The fraction of sp³-hybridized carbons (Fsp3) is 0.143. The first kappa shape index (κ1) is 20.8. The SMILES string of the molecule is CC(C)Cc1ccc2cnc3c(c2c1)C1(c2ccccc2-c2ccccc21)c1cncc2cccc-3c12. The van der Waals surface area contributed by atoms with Gasteiger partial charge in [-0.1, -0.05) is 98.8 Å². The lowest BCUT2D eigenvalue weighted by Gasteiger charge is -2.39. The predicted octanol–water partition coefficient (Wildman–Crippen LogP) is 8.33. The summed E-state index contributed by atoms with van der Waals surface area (Å²) in [5.74, 6) is 0.593. The van der Waals surface area contributed by atoms with Gasteiger partial charge in [0.1, 0.15) is 0 Å². The highest BCUT2D eigenvalue weighted by Gasteiger charge is 2.51. The molecule has 0 bridgehead atoms. The minimum absolute atomic E-state index is 0.480. The molecule has 2 nitrogen and oxygen atoms in total. The molecule has 2 aromatic heterocycles. The van der Waals surface area contributed by atoms with E-state index >= 15 is 0 Å². The van der Waals surface area contributed by atoms with Gasteiger partial charge in [-0.15, -0.1) is 0 Å². The van der Waals surface area contributed by atoms with Crippen LogP contribution in [-0.2, 0) is 11.8 Å².